The summed E-state index contributed by atoms with van der Waals surface area (Å²) in [6.45, 7) is 19.0. The van der Waals surface area contributed by atoms with E-state index < -0.39 is 11.7 Å². The van der Waals surface area contributed by atoms with Crippen LogP contribution in [0.5, 0.6) is 0 Å². The van der Waals surface area contributed by atoms with Crippen LogP contribution < -0.4 is 0 Å². The number of halogens is 2. The highest BCUT2D eigenvalue weighted by Crippen LogP contribution is 2.29. The van der Waals surface area contributed by atoms with Crippen molar-refractivity contribution in [1.29, 1.82) is 0 Å². The number of ether oxygens (including phenoxy) is 1. The van der Waals surface area contributed by atoms with Crippen molar-refractivity contribution in [1.82, 2.24) is 0 Å². The summed E-state index contributed by atoms with van der Waals surface area (Å²) in [7, 11) is 0. The average Bonchev–Trinajstić information content (AvgIpc) is 2.44. The molecule has 0 bridgehead atoms. The molecule has 1 nitrogen and oxygen atoms in total. The lowest BCUT2D eigenvalue weighted by molar-refractivity contribution is 0.223. The van der Waals surface area contributed by atoms with Gasteiger partial charge in [-0.2, -0.15) is 4.39 Å². The van der Waals surface area contributed by atoms with E-state index in [1.54, 1.807) is 6.92 Å². The van der Waals surface area contributed by atoms with Crippen LogP contribution in [0.1, 0.15) is 54.4 Å². The first-order chi connectivity index (χ1) is 9.31. The first-order valence-electron chi connectivity index (χ1n) is 7.37. The lowest BCUT2D eigenvalue weighted by Crippen LogP contribution is -2.03. The van der Waals surface area contributed by atoms with Gasteiger partial charge in [-0.05, 0) is 30.8 Å². The largest absolute Gasteiger partial charge is 0.491 e. The monoisotopic (exact) mass is 288 g/mol. The smallest absolute Gasteiger partial charge is 0.200 e. The van der Waals surface area contributed by atoms with Gasteiger partial charge in [-0.15, -0.1) is 0 Å². The maximum absolute atomic E-state index is 13.8. The molecule has 0 radical (unpaired) electrons. The molecule has 0 saturated heterocycles. The first kappa shape index (κ1) is 21.2. The molecule has 1 atom stereocenters. The van der Waals surface area contributed by atoms with Crippen LogP contribution in [0, 0.1) is 11.8 Å². The predicted molar refractivity (Wildman–Crippen MR) is 83.7 cm³/mol. The van der Waals surface area contributed by atoms with E-state index in [0.717, 1.165) is 12.8 Å². The fourth-order valence-electron chi connectivity index (χ4n) is 1.47. The summed E-state index contributed by atoms with van der Waals surface area (Å²) in [5, 5.41) is 0. The lowest BCUT2D eigenvalue weighted by atomic mass is 9.92. The minimum absolute atomic E-state index is 0.0902. The van der Waals surface area contributed by atoms with Crippen molar-refractivity contribution in [3.8, 4) is 0 Å². The molecule has 0 aliphatic heterocycles. The summed E-state index contributed by atoms with van der Waals surface area (Å²) >= 11 is 0. The number of hydrogen-bond donors (Lipinski definition) is 0. The highest BCUT2D eigenvalue weighted by Gasteiger charge is 2.18. The van der Waals surface area contributed by atoms with E-state index >= 15 is 0 Å². The standard InChI is InChI=1S/C15H24F2O.C2H6/c1-7-18-13(6)15(17)14(16)12(5)11(4)9-8-10(2)3;1-2/h10-11H,5-9H2,1-4H3;1-2H3/b15-14-;. The van der Waals surface area contributed by atoms with Gasteiger partial charge in [0.05, 0.1) is 6.61 Å². The predicted octanol–water partition coefficient (Wildman–Crippen LogP) is 6.34. The Labute approximate surface area is 123 Å². The molecule has 0 aliphatic carbocycles. The molecule has 0 spiro atoms. The highest BCUT2D eigenvalue weighted by molar-refractivity contribution is 5.33. The van der Waals surface area contributed by atoms with Crippen molar-refractivity contribution in [2.45, 2.75) is 54.4 Å². The molecule has 0 N–H and O–H groups in total. The fourth-order valence-corrected chi connectivity index (χ4v) is 1.47. The van der Waals surface area contributed by atoms with E-state index in [1.807, 2.05) is 20.8 Å². The summed E-state index contributed by atoms with van der Waals surface area (Å²) in [6, 6.07) is 0. The summed E-state index contributed by atoms with van der Waals surface area (Å²) in [4.78, 5) is 0. The van der Waals surface area contributed by atoms with Gasteiger partial charge in [0, 0.05) is 0 Å². The Morgan fingerprint density at radius 2 is 1.50 bits per heavy atom. The molecule has 0 amide bonds. The maximum atomic E-state index is 13.8. The molecule has 3 heteroatoms. The summed E-state index contributed by atoms with van der Waals surface area (Å²) in [5.74, 6) is -1.81. The Morgan fingerprint density at radius 1 is 1.00 bits per heavy atom. The number of allylic oxidation sites excluding steroid dienone is 3. The Hall–Kier alpha value is -1.12. The van der Waals surface area contributed by atoms with Crippen molar-refractivity contribution in [3.63, 3.8) is 0 Å². The van der Waals surface area contributed by atoms with Gasteiger partial charge in [-0.25, -0.2) is 4.39 Å². The maximum Gasteiger partial charge on any atom is 0.200 e. The van der Waals surface area contributed by atoms with Gasteiger partial charge < -0.3 is 4.74 Å². The normalized spacial score (nSPS) is 13.1. The van der Waals surface area contributed by atoms with Gasteiger partial charge >= 0.3 is 0 Å². The molecule has 20 heavy (non-hydrogen) atoms. The minimum atomic E-state index is -1.04. The van der Waals surface area contributed by atoms with Crippen LogP contribution in [0.2, 0.25) is 0 Å². The molecule has 0 aromatic heterocycles. The molecule has 0 aromatic rings. The van der Waals surface area contributed by atoms with Gasteiger partial charge in [0.15, 0.2) is 17.4 Å². The summed E-state index contributed by atoms with van der Waals surface area (Å²) in [5.41, 5.74) is 0.175. The molecule has 1 unspecified atom stereocenters. The molecular weight excluding hydrogens is 258 g/mol. The fraction of sp³-hybridized carbons (Fsp3) is 0.647. The first-order valence-corrected chi connectivity index (χ1v) is 7.37. The second kappa shape index (κ2) is 11.7. The van der Waals surface area contributed by atoms with E-state index in [-0.39, 0.29) is 23.9 Å². The molecule has 0 aliphatic rings. The van der Waals surface area contributed by atoms with Gasteiger partial charge in [-0.1, -0.05) is 54.2 Å². The third-order valence-corrected chi connectivity index (χ3v) is 2.81. The average molecular weight is 288 g/mol. The topological polar surface area (TPSA) is 9.23 Å². The molecule has 0 aromatic carbocycles. The van der Waals surface area contributed by atoms with Gasteiger partial charge in [0.25, 0.3) is 0 Å². The van der Waals surface area contributed by atoms with Crippen LogP contribution in [-0.4, -0.2) is 6.61 Å². The van der Waals surface area contributed by atoms with Gasteiger partial charge in [0.1, 0.15) is 0 Å². The molecule has 0 rings (SSSR count). The Kier molecular flexibility index (Phi) is 12.4. The van der Waals surface area contributed by atoms with E-state index in [1.165, 1.54) is 0 Å². The van der Waals surface area contributed by atoms with Crippen LogP contribution in [0.4, 0.5) is 8.78 Å². The third kappa shape index (κ3) is 8.13. The Balaban J connectivity index is 0. The van der Waals surface area contributed by atoms with E-state index in [2.05, 4.69) is 27.0 Å². The quantitative estimate of drug-likeness (QED) is 0.374. The van der Waals surface area contributed by atoms with Crippen LogP contribution in [0.25, 0.3) is 0 Å². The zero-order valence-corrected chi connectivity index (χ0v) is 13.9. The molecular formula is C17H30F2O. The SMILES string of the molecule is C=C(OCC)/C(F)=C(/F)C(=C)C(C)CCC(C)C.CC. The van der Waals surface area contributed by atoms with Crippen LogP contribution in [0.3, 0.4) is 0 Å². The van der Waals surface area contributed by atoms with Crippen LogP contribution in [-0.2, 0) is 4.74 Å². The second-order valence-corrected chi connectivity index (χ2v) is 4.88. The van der Waals surface area contributed by atoms with E-state index in [9.17, 15) is 8.78 Å². The lowest BCUT2D eigenvalue weighted by Gasteiger charge is -2.15. The number of rotatable bonds is 8. The Bertz CT molecular complexity index is 330. The Morgan fingerprint density at radius 3 is 1.90 bits per heavy atom. The minimum Gasteiger partial charge on any atom is -0.491 e. The van der Waals surface area contributed by atoms with E-state index in [0.29, 0.717) is 5.92 Å². The zero-order valence-electron chi connectivity index (χ0n) is 13.9. The van der Waals surface area contributed by atoms with E-state index in [4.69, 9.17) is 4.74 Å². The summed E-state index contributed by atoms with van der Waals surface area (Å²) in [6.07, 6.45) is 1.75. The van der Waals surface area contributed by atoms with Crippen LogP contribution >= 0.6 is 0 Å². The van der Waals surface area contributed by atoms with Crippen molar-refractivity contribution >= 4 is 0 Å². The van der Waals surface area contributed by atoms with Crippen molar-refractivity contribution in [2.24, 2.45) is 11.8 Å². The summed E-state index contributed by atoms with van der Waals surface area (Å²) < 4.78 is 32.3. The second-order valence-electron chi connectivity index (χ2n) is 4.88. The number of hydrogen-bond acceptors (Lipinski definition) is 1. The van der Waals surface area contributed by atoms with Crippen molar-refractivity contribution in [2.75, 3.05) is 6.61 Å². The van der Waals surface area contributed by atoms with Gasteiger partial charge in [-0.3, -0.25) is 0 Å². The van der Waals surface area contributed by atoms with Crippen molar-refractivity contribution < 1.29 is 13.5 Å². The molecule has 0 fully saturated rings. The van der Waals surface area contributed by atoms with Crippen molar-refractivity contribution in [3.05, 3.63) is 36.1 Å². The molecule has 0 saturated carbocycles. The highest BCUT2D eigenvalue weighted by atomic mass is 19.2. The third-order valence-electron chi connectivity index (χ3n) is 2.81. The molecule has 0 heterocycles. The molecule has 118 valence electrons. The van der Waals surface area contributed by atoms with Gasteiger partial charge in [0.2, 0.25) is 0 Å². The van der Waals surface area contributed by atoms with Crippen LogP contribution in [0.15, 0.2) is 36.1 Å². The zero-order chi connectivity index (χ0) is 16.3.